The second-order valence-corrected chi connectivity index (χ2v) is 8.38. The largest absolute Gasteiger partial charge is 0.508 e. The molecule has 144 valence electrons. The third kappa shape index (κ3) is 4.11. The highest BCUT2D eigenvalue weighted by Crippen LogP contribution is 2.40. The Kier molecular flexibility index (Phi) is 5.09. The number of benzene rings is 2. The third-order valence-electron chi connectivity index (χ3n) is 6.16. The summed E-state index contributed by atoms with van der Waals surface area (Å²) in [6.07, 6.45) is 2.17. The zero-order valence-corrected chi connectivity index (χ0v) is 16.1. The first kappa shape index (κ1) is 18.3. The molecule has 2 fully saturated rings. The molecule has 2 aromatic carbocycles. The van der Waals surface area contributed by atoms with Crippen molar-refractivity contribution in [3.63, 3.8) is 0 Å². The molecular formula is C23H28FNO2. The molecule has 3 nitrogen and oxygen atoms in total. The lowest BCUT2D eigenvalue weighted by molar-refractivity contribution is 0.177. The smallest absolute Gasteiger partial charge is 0.165 e. The van der Waals surface area contributed by atoms with E-state index in [1.165, 1.54) is 11.6 Å². The van der Waals surface area contributed by atoms with Gasteiger partial charge in [-0.25, -0.2) is 4.39 Å². The minimum atomic E-state index is -0.253. The highest BCUT2D eigenvalue weighted by atomic mass is 19.1. The number of hydrogen-bond donors (Lipinski definition) is 1. The molecule has 0 amide bonds. The van der Waals surface area contributed by atoms with Gasteiger partial charge in [-0.3, -0.25) is 0 Å². The van der Waals surface area contributed by atoms with Gasteiger partial charge in [-0.2, -0.15) is 0 Å². The van der Waals surface area contributed by atoms with E-state index in [-0.39, 0.29) is 11.9 Å². The Bertz CT molecular complexity index is 777. The summed E-state index contributed by atoms with van der Waals surface area (Å²) in [5, 5.41) is 9.45. The van der Waals surface area contributed by atoms with Crippen molar-refractivity contribution in [1.82, 2.24) is 4.90 Å². The first-order valence-corrected chi connectivity index (χ1v) is 9.92. The summed E-state index contributed by atoms with van der Waals surface area (Å²) in [6.45, 7) is 7.37. The van der Waals surface area contributed by atoms with Gasteiger partial charge in [0.1, 0.15) is 5.75 Å². The zero-order chi connectivity index (χ0) is 19.0. The van der Waals surface area contributed by atoms with Crippen LogP contribution in [-0.2, 0) is 0 Å². The number of phenols is 1. The van der Waals surface area contributed by atoms with Crippen LogP contribution in [0.5, 0.6) is 11.5 Å². The molecule has 1 aliphatic carbocycles. The molecular weight excluding hydrogens is 341 g/mol. The minimum absolute atomic E-state index is 0.133. The van der Waals surface area contributed by atoms with Gasteiger partial charge in [0, 0.05) is 19.6 Å². The second-order valence-electron chi connectivity index (χ2n) is 8.38. The van der Waals surface area contributed by atoms with Crippen LogP contribution in [0.2, 0.25) is 0 Å². The summed E-state index contributed by atoms with van der Waals surface area (Å²) in [7, 11) is 0. The summed E-state index contributed by atoms with van der Waals surface area (Å²) < 4.78 is 20.0. The predicted molar refractivity (Wildman–Crippen MR) is 105 cm³/mol. The fourth-order valence-electron chi connectivity index (χ4n) is 4.76. The van der Waals surface area contributed by atoms with Crippen LogP contribution in [0.25, 0.3) is 0 Å². The fourth-order valence-corrected chi connectivity index (χ4v) is 4.76. The summed E-state index contributed by atoms with van der Waals surface area (Å²) in [6, 6.07) is 12.7. The lowest BCUT2D eigenvalue weighted by Crippen LogP contribution is -2.28. The highest BCUT2D eigenvalue weighted by Gasteiger charge is 2.42. The van der Waals surface area contributed by atoms with Crippen LogP contribution >= 0.6 is 0 Å². The Morgan fingerprint density at radius 3 is 2.41 bits per heavy atom. The van der Waals surface area contributed by atoms with Crippen molar-refractivity contribution < 1.29 is 14.2 Å². The van der Waals surface area contributed by atoms with Gasteiger partial charge in [0.2, 0.25) is 0 Å². The van der Waals surface area contributed by atoms with Crippen LogP contribution < -0.4 is 4.74 Å². The molecule has 0 radical (unpaired) electrons. The van der Waals surface area contributed by atoms with Gasteiger partial charge in [-0.1, -0.05) is 25.1 Å². The molecule has 1 N–H and O–H groups in total. The summed E-state index contributed by atoms with van der Waals surface area (Å²) in [5.74, 6) is 2.20. The number of aromatic hydroxyl groups is 1. The third-order valence-corrected chi connectivity index (χ3v) is 6.16. The maximum atomic E-state index is 14.0. The SMILES string of the molecule is Cc1ccc(OC2C[C@@H]3CN(CC(C)c4ccc(O)cc4)C[C@@H]3C2)c(F)c1. The summed E-state index contributed by atoms with van der Waals surface area (Å²) in [4.78, 5) is 2.55. The molecule has 4 rings (SSSR count). The average molecular weight is 369 g/mol. The van der Waals surface area contributed by atoms with Gasteiger partial charge in [0.25, 0.3) is 0 Å². The van der Waals surface area contributed by atoms with Crippen LogP contribution in [0.1, 0.15) is 36.8 Å². The number of aryl methyl sites for hydroxylation is 1. The van der Waals surface area contributed by atoms with E-state index in [0.29, 0.717) is 29.3 Å². The van der Waals surface area contributed by atoms with Crippen LogP contribution in [0.15, 0.2) is 42.5 Å². The highest BCUT2D eigenvalue weighted by molar-refractivity contribution is 5.29. The van der Waals surface area contributed by atoms with Crippen LogP contribution in [-0.4, -0.2) is 35.7 Å². The molecule has 0 bridgehead atoms. The molecule has 2 unspecified atom stereocenters. The van der Waals surface area contributed by atoms with Crippen molar-refractivity contribution in [2.45, 2.75) is 38.7 Å². The Balaban J connectivity index is 1.29. The van der Waals surface area contributed by atoms with Gasteiger partial charge in [0.15, 0.2) is 11.6 Å². The molecule has 0 spiro atoms. The van der Waals surface area contributed by atoms with Gasteiger partial charge >= 0.3 is 0 Å². The van der Waals surface area contributed by atoms with Gasteiger partial charge < -0.3 is 14.7 Å². The van der Waals surface area contributed by atoms with Crippen molar-refractivity contribution in [2.75, 3.05) is 19.6 Å². The van der Waals surface area contributed by atoms with Crippen LogP contribution in [0.4, 0.5) is 4.39 Å². The quantitative estimate of drug-likeness (QED) is 0.827. The molecule has 4 atom stereocenters. The van der Waals surface area contributed by atoms with E-state index in [1.54, 1.807) is 18.2 Å². The number of halogens is 1. The standard InChI is InChI=1S/C23H28FNO2/c1-15-3-8-23(22(24)9-15)27-21-10-18-13-25(14-19(18)11-21)12-16(2)17-4-6-20(26)7-5-17/h3-9,16,18-19,21,26H,10-14H2,1-2H3/t16?,18-,19+,21?. The molecule has 2 aromatic rings. The number of nitrogens with zero attached hydrogens (tertiary/aromatic N) is 1. The van der Waals surface area contributed by atoms with Crippen molar-refractivity contribution >= 4 is 0 Å². The number of ether oxygens (including phenoxy) is 1. The molecule has 1 saturated carbocycles. The van der Waals surface area contributed by atoms with E-state index < -0.39 is 0 Å². The summed E-state index contributed by atoms with van der Waals surface area (Å²) >= 11 is 0. The number of phenolic OH excluding ortho intramolecular Hbond substituents is 1. The van der Waals surface area contributed by atoms with Gasteiger partial charge in [0.05, 0.1) is 6.10 Å². The first-order valence-electron chi connectivity index (χ1n) is 9.92. The van der Waals surface area contributed by atoms with E-state index in [4.69, 9.17) is 4.74 Å². The Hall–Kier alpha value is -2.07. The molecule has 0 aromatic heterocycles. The topological polar surface area (TPSA) is 32.7 Å². The van der Waals surface area contributed by atoms with Crippen molar-refractivity contribution in [3.05, 3.63) is 59.4 Å². The maximum absolute atomic E-state index is 14.0. The fraction of sp³-hybridized carbons (Fsp3) is 0.478. The van der Waals surface area contributed by atoms with E-state index in [9.17, 15) is 9.50 Å². The van der Waals surface area contributed by atoms with Crippen molar-refractivity contribution in [3.8, 4) is 11.5 Å². The Morgan fingerprint density at radius 1 is 1.11 bits per heavy atom. The molecule has 27 heavy (non-hydrogen) atoms. The second kappa shape index (κ2) is 7.51. The summed E-state index contributed by atoms with van der Waals surface area (Å²) in [5.41, 5.74) is 2.18. The lowest BCUT2D eigenvalue weighted by Gasteiger charge is -2.23. The Morgan fingerprint density at radius 2 is 1.78 bits per heavy atom. The Labute approximate surface area is 160 Å². The molecule has 2 aliphatic rings. The molecule has 1 heterocycles. The van der Waals surface area contributed by atoms with E-state index in [2.05, 4.69) is 11.8 Å². The lowest BCUT2D eigenvalue weighted by atomic mass is 10.0. The van der Waals surface area contributed by atoms with E-state index in [0.717, 1.165) is 38.0 Å². The average Bonchev–Trinajstić information content (AvgIpc) is 3.15. The van der Waals surface area contributed by atoms with E-state index >= 15 is 0 Å². The monoisotopic (exact) mass is 369 g/mol. The first-order chi connectivity index (χ1) is 13.0. The predicted octanol–water partition coefficient (Wildman–Crippen LogP) is 4.73. The zero-order valence-electron chi connectivity index (χ0n) is 16.1. The van der Waals surface area contributed by atoms with Gasteiger partial charge in [-0.15, -0.1) is 0 Å². The molecule has 1 aliphatic heterocycles. The minimum Gasteiger partial charge on any atom is -0.508 e. The maximum Gasteiger partial charge on any atom is 0.165 e. The molecule has 4 heteroatoms. The van der Waals surface area contributed by atoms with Gasteiger partial charge in [-0.05, 0) is 72.9 Å². The number of likely N-dealkylation sites (tertiary alicyclic amines) is 1. The van der Waals surface area contributed by atoms with Crippen molar-refractivity contribution in [2.24, 2.45) is 11.8 Å². The normalized spacial score (nSPS) is 26.1. The number of fused-ring (bicyclic) bond motifs is 1. The van der Waals surface area contributed by atoms with E-state index in [1.807, 2.05) is 25.1 Å². The number of rotatable bonds is 5. The van der Waals surface area contributed by atoms with Crippen LogP contribution in [0.3, 0.4) is 0 Å². The van der Waals surface area contributed by atoms with Crippen molar-refractivity contribution in [1.29, 1.82) is 0 Å². The van der Waals surface area contributed by atoms with Crippen LogP contribution in [0, 0.1) is 24.6 Å². The molecule has 1 saturated heterocycles. The number of hydrogen-bond acceptors (Lipinski definition) is 3.